The zero-order valence-corrected chi connectivity index (χ0v) is 17.8. The minimum atomic E-state index is -3.50. The molecule has 0 atom stereocenters. The standard InChI is InChI=1S/C19H18ClFN4O4S/c1-25-10-11(4-16(25)18-17(29-2)7-13(21)9-22-18)19(26)23-14-5-12(20)6-15(8-14)24-30(3,27)28/h4-10,24H,1-3H3,(H,23,26). The van der Waals surface area contributed by atoms with Crippen molar-refractivity contribution in [2.45, 2.75) is 0 Å². The maximum atomic E-state index is 13.4. The van der Waals surface area contributed by atoms with E-state index in [4.69, 9.17) is 16.3 Å². The molecule has 0 saturated carbocycles. The summed E-state index contributed by atoms with van der Waals surface area (Å²) in [5, 5.41) is 2.92. The molecule has 2 aromatic heterocycles. The number of rotatable bonds is 6. The molecule has 3 aromatic rings. The first-order valence-electron chi connectivity index (χ1n) is 8.52. The van der Waals surface area contributed by atoms with Gasteiger partial charge in [-0.2, -0.15) is 0 Å². The molecule has 1 aromatic carbocycles. The zero-order valence-electron chi connectivity index (χ0n) is 16.2. The summed E-state index contributed by atoms with van der Waals surface area (Å²) in [5.41, 5.74) is 1.75. The predicted octanol–water partition coefficient (Wildman–Crippen LogP) is 3.51. The van der Waals surface area contributed by atoms with Crippen molar-refractivity contribution in [3.8, 4) is 17.1 Å². The van der Waals surface area contributed by atoms with E-state index in [1.165, 1.54) is 31.4 Å². The molecule has 11 heteroatoms. The SMILES string of the molecule is COc1cc(F)cnc1-c1cc(C(=O)Nc2cc(Cl)cc(NS(C)(=O)=O)c2)cn1C. The van der Waals surface area contributed by atoms with Gasteiger partial charge >= 0.3 is 0 Å². The zero-order chi connectivity index (χ0) is 22.1. The summed E-state index contributed by atoms with van der Waals surface area (Å²) in [4.78, 5) is 16.8. The summed E-state index contributed by atoms with van der Waals surface area (Å²) in [6.07, 6.45) is 3.65. The molecule has 1 amide bonds. The van der Waals surface area contributed by atoms with Crippen LogP contribution in [0.25, 0.3) is 11.4 Å². The number of aromatic nitrogens is 2. The summed E-state index contributed by atoms with van der Waals surface area (Å²) in [7, 11) is -0.391. The van der Waals surface area contributed by atoms with Gasteiger partial charge in [0.05, 0.1) is 36.5 Å². The number of benzene rings is 1. The van der Waals surface area contributed by atoms with Crippen molar-refractivity contribution in [3.05, 3.63) is 59.1 Å². The van der Waals surface area contributed by atoms with E-state index in [1.807, 2.05) is 0 Å². The van der Waals surface area contributed by atoms with Crippen LogP contribution in [0, 0.1) is 5.82 Å². The number of aryl methyl sites for hydroxylation is 1. The number of ether oxygens (including phenoxy) is 1. The average molecular weight is 453 g/mol. The van der Waals surface area contributed by atoms with Crippen LogP contribution in [0.1, 0.15) is 10.4 Å². The van der Waals surface area contributed by atoms with Gasteiger partial charge < -0.3 is 14.6 Å². The lowest BCUT2D eigenvalue weighted by Crippen LogP contribution is -2.13. The van der Waals surface area contributed by atoms with Crippen molar-refractivity contribution < 1.29 is 22.3 Å². The number of nitrogens with one attached hydrogen (secondary N) is 2. The van der Waals surface area contributed by atoms with Crippen LogP contribution in [0.2, 0.25) is 5.02 Å². The van der Waals surface area contributed by atoms with Gasteiger partial charge in [-0.05, 0) is 24.3 Å². The Morgan fingerprint density at radius 1 is 1.20 bits per heavy atom. The van der Waals surface area contributed by atoms with Crippen LogP contribution in [0.4, 0.5) is 15.8 Å². The molecule has 0 aliphatic rings. The van der Waals surface area contributed by atoms with Crippen molar-refractivity contribution >= 4 is 38.9 Å². The molecule has 0 bridgehead atoms. The second-order valence-corrected chi connectivity index (χ2v) is 8.67. The first-order valence-corrected chi connectivity index (χ1v) is 10.8. The summed E-state index contributed by atoms with van der Waals surface area (Å²) >= 11 is 6.02. The molecular formula is C19H18ClFN4O4S. The Morgan fingerprint density at radius 2 is 1.90 bits per heavy atom. The number of pyridine rings is 1. The Kier molecular flexibility index (Phi) is 5.99. The predicted molar refractivity (Wildman–Crippen MR) is 113 cm³/mol. The van der Waals surface area contributed by atoms with Crippen LogP contribution in [-0.2, 0) is 17.1 Å². The number of methoxy groups -OCH3 is 1. The molecule has 0 radical (unpaired) electrons. The summed E-state index contributed by atoms with van der Waals surface area (Å²) in [6.45, 7) is 0. The van der Waals surface area contributed by atoms with E-state index in [1.54, 1.807) is 23.9 Å². The van der Waals surface area contributed by atoms with E-state index >= 15 is 0 Å². The minimum absolute atomic E-state index is 0.217. The van der Waals surface area contributed by atoms with Crippen molar-refractivity contribution in [1.82, 2.24) is 9.55 Å². The lowest BCUT2D eigenvalue weighted by Gasteiger charge is -2.09. The van der Waals surface area contributed by atoms with E-state index < -0.39 is 21.7 Å². The van der Waals surface area contributed by atoms with Gasteiger partial charge in [-0.25, -0.2) is 17.8 Å². The first kappa shape index (κ1) is 21.6. The van der Waals surface area contributed by atoms with Crippen LogP contribution >= 0.6 is 11.6 Å². The number of carbonyl (C=O) groups excluding carboxylic acids is 1. The van der Waals surface area contributed by atoms with Gasteiger partial charge in [0.25, 0.3) is 5.91 Å². The van der Waals surface area contributed by atoms with Crippen LogP contribution in [0.5, 0.6) is 5.75 Å². The van der Waals surface area contributed by atoms with E-state index in [-0.39, 0.29) is 16.5 Å². The quantitative estimate of drug-likeness (QED) is 0.595. The molecule has 0 aliphatic heterocycles. The first-order chi connectivity index (χ1) is 14.1. The van der Waals surface area contributed by atoms with Gasteiger partial charge in [0.1, 0.15) is 17.3 Å². The summed E-state index contributed by atoms with van der Waals surface area (Å²) in [5.74, 6) is -0.762. The largest absolute Gasteiger partial charge is 0.494 e. The molecule has 0 fully saturated rings. The smallest absolute Gasteiger partial charge is 0.257 e. The van der Waals surface area contributed by atoms with E-state index in [9.17, 15) is 17.6 Å². The lowest BCUT2D eigenvalue weighted by atomic mass is 10.2. The van der Waals surface area contributed by atoms with Gasteiger partial charge in [0, 0.05) is 30.0 Å². The molecule has 8 nitrogen and oxygen atoms in total. The van der Waals surface area contributed by atoms with E-state index in [0.29, 0.717) is 22.6 Å². The van der Waals surface area contributed by atoms with Crippen molar-refractivity contribution in [2.75, 3.05) is 23.4 Å². The van der Waals surface area contributed by atoms with Crippen LogP contribution < -0.4 is 14.8 Å². The molecule has 0 unspecified atom stereocenters. The number of halogens is 2. The Labute approximate surface area is 177 Å². The molecule has 2 N–H and O–H groups in total. The highest BCUT2D eigenvalue weighted by atomic mass is 35.5. The van der Waals surface area contributed by atoms with Crippen LogP contribution in [0.15, 0.2) is 42.7 Å². The number of hydrogen-bond acceptors (Lipinski definition) is 5. The maximum absolute atomic E-state index is 13.4. The number of anilines is 2. The summed E-state index contributed by atoms with van der Waals surface area (Å²) < 4.78 is 45.4. The van der Waals surface area contributed by atoms with E-state index in [0.717, 1.165) is 12.5 Å². The molecule has 158 valence electrons. The number of carbonyl (C=O) groups is 1. The van der Waals surface area contributed by atoms with Gasteiger partial charge in [0.2, 0.25) is 10.0 Å². The van der Waals surface area contributed by atoms with Gasteiger partial charge in [0.15, 0.2) is 0 Å². The lowest BCUT2D eigenvalue weighted by molar-refractivity contribution is 0.102. The molecule has 3 rings (SSSR count). The van der Waals surface area contributed by atoms with Crippen LogP contribution in [0.3, 0.4) is 0 Å². The second kappa shape index (κ2) is 8.33. The highest BCUT2D eigenvalue weighted by Crippen LogP contribution is 2.30. The van der Waals surface area contributed by atoms with Gasteiger partial charge in [-0.3, -0.25) is 9.52 Å². The van der Waals surface area contributed by atoms with Gasteiger partial charge in [-0.15, -0.1) is 0 Å². The van der Waals surface area contributed by atoms with Crippen molar-refractivity contribution in [1.29, 1.82) is 0 Å². The number of sulfonamides is 1. The number of hydrogen-bond donors (Lipinski definition) is 2. The average Bonchev–Trinajstić information content (AvgIpc) is 3.01. The fraction of sp³-hybridized carbons (Fsp3) is 0.158. The highest BCUT2D eigenvalue weighted by molar-refractivity contribution is 7.92. The molecule has 2 heterocycles. The molecular weight excluding hydrogens is 435 g/mol. The van der Waals surface area contributed by atoms with Crippen LogP contribution in [-0.4, -0.2) is 37.2 Å². The number of amides is 1. The third kappa shape index (κ3) is 5.08. The van der Waals surface area contributed by atoms with Crippen molar-refractivity contribution in [3.63, 3.8) is 0 Å². The molecule has 0 saturated heterocycles. The van der Waals surface area contributed by atoms with Crippen molar-refractivity contribution in [2.24, 2.45) is 7.05 Å². The molecule has 0 aliphatic carbocycles. The topological polar surface area (TPSA) is 102 Å². The highest BCUT2D eigenvalue weighted by Gasteiger charge is 2.17. The Hall–Kier alpha value is -3.11. The Morgan fingerprint density at radius 3 is 2.57 bits per heavy atom. The monoisotopic (exact) mass is 452 g/mol. The fourth-order valence-electron chi connectivity index (χ4n) is 2.83. The Balaban J connectivity index is 1.88. The second-order valence-electron chi connectivity index (χ2n) is 6.49. The normalized spacial score (nSPS) is 11.2. The molecule has 0 spiro atoms. The maximum Gasteiger partial charge on any atom is 0.257 e. The summed E-state index contributed by atoms with van der Waals surface area (Å²) in [6, 6.07) is 7.14. The third-order valence-electron chi connectivity index (χ3n) is 4.01. The minimum Gasteiger partial charge on any atom is -0.494 e. The fourth-order valence-corrected chi connectivity index (χ4v) is 3.61. The van der Waals surface area contributed by atoms with E-state index in [2.05, 4.69) is 15.0 Å². The molecule has 30 heavy (non-hydrogen) atoms. The van der Waals surface area contributed by atoms with Gasteiger partial charge in [-0.1, -0.05) is 11.6 Å². The Bertz CT molecular complexity index is 1230. The third-order valence-corrected chi connectivity index (χ3v) is 4.83. The number of nitrogens with zero attached hydrogens (tertiary/aromatic N) is 2.